The third-order valence-corrected chi connectivity index (χ3v) is 5.27. The molecule has 6 nitrogen and oxygen atoms in total. The number of nitrogens with zero attached hydrogens (tertiary/aromatic N) is 1. The topological polar surface area (TPSA) is 70.7 Å². The summed E-state index contributed by atoms with van der Waals surface area (Å²) in [5, 5.41) is 4.28. The molecule has 7 heteroatoms. The summed E-state index contributed by atoms with van der Waals surface area (Å²) in [6.45, 7) is 0.234. The van der Waals surface area contributed by atoms with Crippen molar-refractivity contribution in [3.05, 3.63) is 72.0 Å². The van der Waals surface area contributed by atoms with Gasteiger partial charge in [0.1, 0.15) is 11.1 Å². The number of anilines is 1. The van der Waals surface area contributed by atoms with Gasteiger partial charge in [0, 0.05) is 6.08 Å². The average molecular weight is 367 g/mol. The molecule has 1 atom stereocenters. The van der Waals surface area contributed by atoms with Crippen LogP contribution in [0.25, 0.3) is 0 Å². The molecule has 4 rings (SSSR count). The van der Waals surface area contributed by atoms with Crippen LogP contribution < -0.4 is 15.5 Å². The summed E-state index contributed by atoms with van der Waals surface area (Å²) in [5.74, 6) is 1.18. The number of carbonyl (C=O) groups is 2. The highest BCUT2D eigenvalue weighted by molar-refractivity contribution is 8.00. The lowest BCUT2D eigenvalue weighted by Crippen LogP contribution is -2.42. The quantitative estimate of drug-likeness (QED) is 0.869. The number of nitrogens with one attached hydrogen (secondary N) is 2. The fourth-order valence-corrected chi connectivity index (χ4v) is 3.98. The molecule has 2 aromatic rings. The molecule has 2 N–H and O–H groups in total. The van der Waals surface area contributed by atoms with Gasteiger partial charge in [0.15, 0.2) is 5.75 Å². The number of rotatable bonds is 4. The minimum Gasteiger partial charge on any atom is -0.458 e. The summed E-state index contributed by atoms with van der Waals surface area (Å²) in [7, 11) is 0. The summed E-state index contributed by atoms with van der Waals surface area (Å²) in [6.07, 6.45) is 1.40. The summed E-state index contributed by atoms with van der Waals surface area (Å²) >= 11 is 1.57. The van der Waals surface area contributed by atoms with Crippen LogP contribution >= 0.6 is 11.8 Å². The van der Waals surface area contributed by atoms with Crippen LogP contribution in [0, 0.1) is 0 Å². The van der Waals surface area contributed by atoms with E-state index in [-0.39, 0.29) is 23.7 Å². The van der Waals surface area contributed by atoms with Crippen LogP contribution in [0.4, 0.5) is 5.69 Å². The molecule has 1 fully saturated rings. The number of hydrogen-bond acceptors (Lipinski definition) is 5. The van der Waals surface area contributed by atoms with Crippen LogP contribution in [0.15, 0.2) is 66.4 Å². The Morgan fingerprint density at radius 3 is 2.73 bits per heavy atom. The van der Waals surface area contributed by atoms with Crippen LogP contribution in [0.1, 0.15) is 10.9 Å². The van der Waals surface area contributed by atoms with Gasteiger partial charge in [-0.25, -0.2) is 5.43 Å². The number of fused-ring (bicyclic) bond motifs is 1. The number of carbonyl (C=O) groups excluding carboxylic acids is 2. The minimum absolute atomic E-state index is 0.00271. The Morgan fingerprint density at radius 2 is 1.88 bits per heavy atom. The molecular weight excluding hydrogens is 350 g/mol. The van der Waals surface area contributed by atoms with Crippen LogP contribution in [-0.2, 0) is 9.59 Å². The maximum absolute atomic E-state index is 12.3. The lowest BCUT2D eigenvalue weighted by molar-refractivity contribution is -0.131. The van der Waals surface area contributed by atoms with Gasteiger partial charge < -0.3 is 10.1 Å². The van der Waals surface area contributed by atoms with Crippen LogP contribution in [0.2, 0.25) is 0 Å². The molecule has 0 radical (unpaired) electrons. The third kappa shape index (κ3) is 3.44. The van der Waals surface area contributed by atoms with Gasteiger partial charge in [-0.3, -0.25) is 14.6 Å². The highest BCUT2D eigenvalue weighted by Gasteiger charge is 2.33. The van der Waals surface area contributed by atoms with Crippen LogP contribution in [0.3, 0.4) is 0 Å². The second-order valence-corrected chi connectivity index (χ2v) is 6.94. The number of benzene rings is 2. The Hall–Kier alpha value is -2.77. The predicted octanol–water partition coefficient (Wildman–Crippen LogP) is 2.68. The Bertz CT molecular complexity index is 869. The van der Waals surface area contributed by atoms with Gasteiger partial charge in [0.05, 0.1) is 18.0 Å². The first-order chi connectivity index (χ1) is 12.7. The van der Waals surface area contributed by atoms with Gasteiger partial charge in [-0.1, -0.05) is 42.5 Å². The van der Waals surface area contributed by atoms with E-state index in [1.807, 2.05) is 42.5 Å². The summed E-state index contributed by atoms with van der Waals surface area (Å²) in [5.41, 5.74) is 4.79. The van der Waals surface area contributed by atoms with E-state index in [4.69, 9.17) is 4.74 Å². The van der Waals surface area contributed by atoms with E-state index < -0.39 is 0 Å². The van der Waals surface area contributed by atoms with Gasteiger partial charge in [0.25, 0.3) is 5.91 Å². The number of ether oxygens (including phenoxy) is 1. The van der Waals surface area contributed by atoms with E-state index in [0.29, 0.717) is 22.9 Å². The van der Waals surface area contributed by atoms with Gasteiger partial charge in [-0.2, -0.15) is 0 Å². The van der Waals surface area contributed by atoms with Crippen molar-refractivity contribution >= 4 is 29.3 Å². The molecule has 0 saturated carbocycles. The summed E-state index contributed by atoms with van der Waals surface area (Å²) < 4.78 is 5.83. The highest BCUT2D eigenvalue weighted by atomic mass is 32.2. The first-order valence-electron chi connectivity index (χ1n) is 8.21. The van der Waals surface area contributed by atoms with Crippen molar-refractivity contribution < 1.29 is 14.3 Å². The highest BCUT2D eigenvalue weighted by Crippen LogP contribution is 2.37. The standard InChI is InChI=1S/C19H17N3O3S/c23-17-10-14(25-16-9-5-4-8-15(16)21-17)11-20-22-18(24)12-26-19(22)13-6-2-1-3-7-13/h1-10,19-20H,11-12H2,(H,21,23). The van der Waals surface area contributed by atoms with Gasteiger partial charge >= 0.3 is 0 Å². The number of hydrogen-bond donors (Lipinski definition) is 2. The maximum Gasteiger partial charge on any atom is 0.251 e. The summed E-state index contributed by atoms with van der Waals surface area (Å²) in [4.78, 5) is 24.3. The summed E-state index contributed by atoms with van der Waals surface area (Å²) in [6, 6.07) is 17.1. The molecule has 132 valence electrons. The van der Waals surface area contributed by atoms with E-state index in [1.54, 1.807) is 28.9 Å². The van der Waals surface area contributed by atoms with E-state index >= 15 is 0 Å². The maximum atomic E-state index is 12.3. The van der Waals surface area contributed by atoms with Crippen molar-refractivity contribution in [2.75, 3.05) is 17.6 Å². The number of amides is 2. The molecule has 26 heavy (non-hydrogen) atoms. The molecule has 0 aromatic heterocycles. The van der Waals surface area contributed by atoms with Gasteiger partial charge in [-0.15, -0.1) is 11.8 Å². The van der Waals surface area contributed by atoms with Crippen molar-refractivity contribution in [2.45, 2.75) is 5.37 Å². The fraction of sp³-hybridized carbons (Fsp3) is 0.158. The van der Waals surface area contributed by atoms with E-state index in [1.165, 1.54) is 6.08 Å². The SMILES string of the molecule is O=C1C=C(CNN2C(=O)CSC2c2ccccc2)Oc2ccccc2N1. The first-order valence-corrected chi connectivity index (χ1v) is 9.26. The Morgan fingerprint density at radius 1 is 1.12 bits per heavy atom. The first kappa shape index (κ1) is 16.7. The molecule has 1 unspecified atom stereocenters. The van der Waals surface area contributed by atoms with Crippen molar-refractivity contribution in [1.29, 1.82) is 0 Å². The molecule has 1 saturated heterocycles. The zero-order chi connectivity index (χ0) is 17.9. The van der Waals surface area contributed by atoms with E-state index in [9.17, 15) is 9.59 Å². The van der Waals surface area contributed by atoms with Crippen molar-refractivity contribution in [1.82, 2.24) is 10.4 Å². The Labute approximate surface area is 155 Å². The minimum atomic E-state index is -0.256. The van der Waals surface area contributed by atoms with Crippen molar-refractivity contribution in [3.63, 3.8) is 0 Å². The molecule has 2 aromatic carbocycles. The monoisotopic (exact) mass is 367 g/mol. The van der Waals surface area contributed by atoms with Crippen molar-refractivity contribution in [2.24, 2.45) is 0 Å². The number of hydrazine groups is 1. The van der Waals surface area contributed by atoms with E-state index in [0.717, 1.165) is 5.56 Å². The molecule has 2 aliphatic heterocycles. The normalized spacial score (nSPS) is 19.3. The molecule has 2 aliphatic rings. The van der Waals surface area contributed by atoms with E-state index in [2.05, 4.69) is 10.7 Å². The third-order valence-electron chi connectivity index (χ3n) is 4.05. The number of para-hydroxylation sites is 2. The van der Waals surface area contributed by atoms with Crippen molar-refractivity contribution in [3.8, 4) is 5.75 Å². The predicted molar refractivity (Wildman–Crippen MR) is 100 cm³/mol. The smallest absolute Gasteiger partial charge is 0.251 e. The fourth-order valence-electron chi connectivity index (χ4n) is 2.85. The molecule has 0 bridgehead atoms. The Kier molecular flexibility index (Phi) is 4.64. The zero-order valence-electron chi connectivity index (χ0n) is 13.8. The van der Waals surface area contributed by atoms with Gasteiger partial charge in [0.2, 0.25) is 5.91 Å². The molecular formula is C19H17N3O3S. The zero-order valence-corrected chi connectivity index (χ0v) is 14.7. The van der Waals surface area contributed by atoms with Crippen LogP contribution in [-0.4, -0.2) is 29.1 Å². The van der Waals surface area contributed by atoms with Gasteiger partial charge in [-0.05, 0) is 17.7 Å². The molecule has 2 heterocycles. The Balaban J connectivity index is 1.49. The largest absolute Gasteiger partial charge is 0.458 e. The lowest BCUT2D eigenvalue weighted by atomic mass is 10.2. The second-order valence-electron chi connectivity index (χ2n) is 5.87. The molecule has 0 spiro atoms. The average Bonchev–Trinajstić information content (AvgIpc) is 2.93. The van der Waals surface area contributed by atoms with Crippen LogP contribution in [0.5, 0.6) is 5.75 Å². The molecule has 2 amide bonds. The second kappa shape index (κ2) is 7.23. The lowest BCUT2D eigenvalue weighted by Gasteiger charge is -2.25. The number of thioether (sulfide) groups is 1. The molecule has 0 aliphatic carbocycles.